The molecule has 6 atom stereocenters. The average molecular weight is 1240 g/mol. The van der Waals surface area contributed by atoms with Crippen LogP contribution in [0.3, 0.4) is 0 Å². The summed E-state index contributed by atoms with van der Waals surface area (Å²) in [6, 6.07) is 0. The van der Waals surface area contributed by atoms with Gasteiger partial charge in [0.2, 0.25) is 0 Å². The summed E-state index contributed by atoms with van der Waals surface area (Å²) in [5.41, 5.74) is 0. The summed E-state index contributed by atoms with van der Waals surface area (Å²) < 4.78 is 67.7. The van der Waals surface area contributed by atoms with Crippen LogP contribution in [-0.2, 0) is 65.4 Å². The molecule has 0 rings (SSSR count). The Labute approximate surface area is 511 Å². The minimum atomic E-state index is -4.94. The van der Waals surface area contributed by atoms with Crippen molar-refractivity contribution in [1.82, 2.24) is 0 Å². The lowest BCUT2D eigenvalue weighted by atomic mass is 9.99. The van der Waals surface area contributed by atoms with Gasteiger partial charge in [-0.3, -0.25) is 37.3 Å². The molecule has 498 valence electrons. The Morgan fingerprint density at radius 2 is 0.607 bits per heavy atom. The standard InChI is InChI=1S/C65H126O17P2/c1-7-10-12-14-28-37-43-49-64(69)81-60(53-75-62(67)47-41-33-13-11-8-2)55-79-83(71,72)77-51-59(66)52-78-84(73,74)80-56-61(54-76-63(68)48-42-36-31-26-23-19-20-24-29-34-39-45-57(4)5)82-65(70)50-44-38-32-27-22-18-16-15-17-21-25-30-35-40-46-58(6)9-3/h57-61,66H,7-56H2,1-6H3,(H,71,72)(H,73,74)/t58?,59-,60+,61+/m0/s1. The summed E-state index contributed by atoms with van der Waals surface area (Å²) >= 11 is 0. The van der Waals surface area contributed by atoms with Crippen LogP contribution in [-0.4, -0.2) is 96.7 Å². The largest absolute Gasteiger partial charge is 0.472 e. The maximum Gasteiger partial charge on any atom is 0.472 e. The van der Waals surface area contributed by atoms with E-state index in [1.165, 1.54) is 122 Å². The normalized spacial score (nSPS) is 14.6. The third-order valence-electron chi connectivity index (χ3n) is 15.3. The molecule has 0 aliphatic carbocycles. The van der Waals surface area contributed by atoms with Gasteiger partial charge in [0.1, 0.15) is 19.3 Å². The van der Waals surface area contributed by atoms with Gasteiger partial charge in [-0.1, -0.05) is 273 Å². The summed E-state index contributed by atoms with van der Waals surface area (Å²) in [5.74, 6) is -0.530. The van der Waals surface area contributed by atoms with Crippen LogP contribution in [0, 0.1) is 11.8 Å². The molecule has 0 aliphatic rings. The van der Waals surface area contributed by atoms with Crippen LogP contribution in [0.2, 0.25) is 0 Å². The van der Waals surface area contributed by atoms with Crippen molar-refractivity contribution in [2.45, 2.75) is 342 Å². The summed E-state index contributed by atoms with van der Waals surface area (Å²) in [7, 11) is -9.87. The number of unbranched alkanes of at least 4 members (excludes halogenated alkanes) is 33. The van der Waals surface area contributed by atoms with Gasteiger partial charge in [0.05, 0.1) is 26.4 Å². The van der Waals surface area contributed by atoms with Crippen LogP contribution in [0.15, 0.2) is 0 Å². The van der Waals surface area contributed by atoms with Gasteiger partial charge in [0, 0.05) is 25.7 Å². The van der Waals surface area contributed by atoms with Crippen LogP contribution >= 0.6 is 15.6 Å². The van der Waals surface area contributed by atoms with Gasteiger partial charge in [-0.25, -0.2) is 9.13 Å². The lowest BCUT2D eigenvalue weighted by Crippen LogP contribution is -2.30. The second kappa shape index (κ2) is 57.5. The Balaban J connectivity index is 5.13. The van der Waals surface area contributed by atoms with E-state index in [2.05, 4.69) is 41.5 Å². The van der Waals surface area contributed by atoms with Gasteiger partial charge in [0.15, 0.2) is 12.2 Å². The summed E-state index contributed by atoms with van der Waals surface area (Å²) in [4.78, 5) is 71.9. The highest BCUT2D eigenvalue weighted by molar-refractivity contribution is 7.47. The van der Waals surface area contributed by atoms with Crippen molar-refractivity contribution in [2.24, 2.45) is 11.8 Å². The highest BCUT2D eigenvalue weighted by atomic mass is 31.2. The predicted molar refractivity (Wildman–Crippen MR) is 335 cm³/mol. The minimum Gasteiger partial charge on any atom is -0.462 e. The lowest BCUT2D eigenvalue weighted by Gasteiger charge is -2.21. The highest BCUT2D eigenvalue weighted by Crippen LogP contribution is 2.45. The fourth-order valence-electron chi connectivity index (χ4n) is 9.68. The molecule has 17 nitrogen and oxygen atoms in total. The molecule has 0 aromatic rings. The molecule has 0 heterocycles. The SMILES string of the molecule is CCCCCCCCCC(=O)O[C@H](COC(=O)CCCCCCC)COP(=O)(O)OC[C@H](O)COP(=O)(O)OC[C@@H](COC(=O)CCCCCCCCCCCCCC(C)C)OC(=O)CCCCCCCCCCCCCCCCC(C)CC. The number of carbonyl (C=O) groups excluding carboxylic acids is 4. The van der Waals surface area contributed by atoms with Crippen molar-refractivity contribution in [1.29, 1.82) is 0 Å². The highest BCUT2D eigenvalue weighted by Gasteiger charge is 2.30. The van der Waals surface area contributed by atoms with Gasteiger partial charge < -0.3 is 33.8 Å². The molecule has 0 aliphatic heterocycles. The predicted octanol–water partition coefficient (Wildman–Crippen LogP) is 18.0. The van der Waals surface area contributed by atoms with Gasteiger partial charge in [-0.15, -0.1) is 0 Å². The van der Waals surface area contributed by atoms with Crippen LogP contribution in [0.4, 0.5) is 0 Å². The topological polar surface area (TPSA) is 237 Å². The summed E-state index contributed by atoms with van der Waals surface area (Å²) in [5, 5.41) is 10.5. The number of esters is 4. The lowest BCUT2D eigenvalue weighted by molar-refractivity contribution is -0.161. The molecule has 3 N–H and O–H groups in total. The average Bonchev–Trinajstić information content (AvgIpc) is 3.64. The molecule has 0 aromatic carbocycles. The Bertz CT molecular complexity index is 1650. The third kappa shape index (κ3) is 57.8. The van der Waals surface area contributed by atoms with Crippen molar-refractivity contribution in [3.05, 3.63) is 0 Å². The van der Waals surface area contributed by atoms with Crippen LogP contribution in [0.25, 0.3) is 0 Å². The van der Waals surface area contributed by atoms with Crippen molar-refractivity contribution in [3.63, 3.8) is 0 Å². The molecular formula is C65H126O17P2. The second-order valence-corrected chi connectivity index (χ2v) is 27.1. The van der Waals surface area contributed by atoms with Crippen molar-refractivity contribution in [2.75, 3.05) is 39.6 Å². The number of aliphatic hydroxyl groups is 1. The molecule has 3 unspecified atom stereocenters. The molecule has 0 saturated heterocycles. The van der Waals surface area contributed by atoms with E-state index in [0.29, 0.717) is 25.7 Å². The summed E-state index contributed by atoms with van der Waals surface area (Å²) in [6.45, 7) is 9.43. The molecule has 84 heavy (non-hydrogen) atoms. The minimum absolute atomic E-state index is 0.103. The first-order valence-corrected chi connectivity index (χ1v) is 37.0. The van der Waals surface area contributed by atoms with Crippen molar-refractivity contribution < 1.29 is 80.2 Å². The van der Waals surface area contributed by atoms with Gasteiger partial charge in [-0.05, 0) is 37.5 Å². The third-order valence-corrected chi connectivity index (χ3v) is 17.2. The van der Waals surface area contributed by atoms with Gasteiger partial charge in [-0.2, -0.15) is 0 Å². The molecule has 0 radical (unpaired) electrons. The zero-order valence-electron chi connectivity index (χ0n) is 54.2. The Hall–Kier alpha value is -1.94. The Kier molecular flexibility index (Phi) is 56.2. The number of phosphoric acid groups is 2. The van der Waals surface area contributed by atoms with Crippen LogP contribution in [0.1, 0.15) is 324 Å². The molecule has 0 fully saturated rings. The molecular weight excluding hydrogens is 1110 g/mol. The molecule has 0 spiro atoms. The maximum atomic E-state index is 13.0. The number of hydrogen-bond acceptors (Lipinski definition) is 15. The summed E-state index contributed by atoms with van der Waals surface area (Å²) in [6.07, 6.45) is 40.8. The monoisotopic (exact) mass is 1240 g/mol. The van der Waals surface area contributed by atoms with E-state index in [9.17, 15) is 43.2 Å². The van der Waals surface area contributed by atoms with E-state index in [-0.39, 0.29) is 25.7 Å². The maximum absolute atomic E-state index is 13.0. The number of hydrogen-bond donors (Lipinski definition) is 3. The first-order chi connectivity index (χ1) is 40.4. The van der Waals surface area contributed by atoms with E-state index in [1.807, 2.05) is 0 Å². The zero-order valence-corrected chi connectivity index (χ0v) is 56.0. The first kappa shape index (κ1) is 82.1. The second-order valence-electron chi connectivity index (χ2n) is 24.2. The number of ether oxygens (including phenoxy) is 4. The fraction of sp³-hybridized carbons (Fsp3) is 0.938. The van der Waals surface area contributed by atoms with Crippen LogP contribution in [0.5, 0.6) is 0 Å². The van der Waals surface area contributed by atoms with Gasteiger partial charge in [0.25, 0.3) is 0 Å². The zero-order chi connectivity index (χ0) is 62.2. The van der Waals surface area contributed by atoms with Crippen molar-refractivity contribution >= 4 is 39.5 Å². The van der Waals surface area contributed by atoms with E-state index < -0.39 is 97.5 Å². The number of aliphatic hydroxyl groups excluding tert-OH is 1. The van der Waals surface area contributed by atoms with E-state index in [0.717, 1.165) is 121 Å². The van der Waals surface area contributed by atoms with E-state index >= 15 is 0 Å². The fourth-order valence-corrected chi connectivity index (χ4v) is 11.3. The Morgan fingerprint density at radius 1 is 0.345 bits per heavy atom. The first-order valence-electron chi connectivity index (χ1n) is 34.0. The molecule has 0 bridgehead atoms. The van der Waals surface area contributed by atoms with E-state index in [4.69, 9.17) is 37.0 Å². The molecule has 0 amide bonds. The van der Waals surface area contributed by atoms with E-state index in [1.54, 1.807) is 0 Å². The van der Waals surface area contributed by atoms with Gasteiger partial charge >= 0.3 is 39.5 Å². The number of carbonyl (C=O) groups is 4. The smallest absolute Gasteiger partial charge is 0.462 e. The Morgan fingerprint density at radius 3 is 0.905 bits per heavy atom. The quantitative estimate of drug-likeness (QED) is 0.0222. The molecule has 19 heteroatoms. The number of rotatable bonds is 64. The molecule has 0 saturated carbocycles. The number of phosphoric ester groups is 2. The van der Waals surface area contributed by atoms with Crippen molar-refractivity contribution in [3.8, 4) is 0 Å². The van der Waals surface area contributed by atoms with Crippen LogP contribution < -0.4 is 0 Å². The molecule has 0 aromatic heterocycles.